The Balaban J connectivity index is 2.12. The highest BCUT2D eigenvalue weighted by Gasteiger charge is 2.37. The van der Waals surface area contributed by atoms with Crippen molar-refractivity contribution >= 4 is 15.9 Å². The van der Waals surface area contributed by atoms with Crippen molar-refractivity contribution in [1.29, 1.82) is 0 Å². The molecule has 1 aliphatic rings. The van der Waals surface area contributed by atoms with E-state index >= 15 is 0 Å². The molecule has 0 spiro atoms. The van der Waals surface area contributed by atoms with Crippen LogP contribution in [-0.2, 0) is 11.2 Å². The summed E-state index contributed by atoms with van der Waals surface area (Å²) in [6.07, 6.45) is 3.47. The Kier molecular flexibility index (Phi) is 5.84. The molecule has 0 bridgehead atoms. The van der Waals surface area contributed by atoms with E-state index < -0.39 is 0 Å². The van der Waals surface area contributed by atoms with Gasteiger partial charge in [0.15, 0.2) is 0 Å². The lowest BCUT2D eigenvalue weighted by molar-refractivity contribution is 0.0191. The average Bonchev–Trinajstić information content (AvgIpc) is 3.29. The molecule has 0 aliphatic heterocycles. The number of benzene rings is 1. The van der Waals surface area contributed by atoms with E-state index in [2.05, 4.69) is 21.4 Å². The monoisotopic (exact) mass is 342 g/mol. The molecule has 0 aromatic heterocycles. The van der Waals surface area contributed by atoms with Crippen molar-refractivity contribution in [2.75, 3.05) is 13.7 Å². The van der Waals surface area contributed by atoms with Crippen molar-refractivity contribution in [2.24, 2.45) is 11.8 Å². The Labute approximate surface area is 129 Å². The molecule has 1 aromatic rings. The van der Waals surface area contributed by atoms with Crippen LogP contribution in [0.15, 0.2) is 22.7 Å². The fourth-order valence-corrected chi connectivity index (χ4v) is 2.95. The van der Waals surface area contributed by atoms with E-state index in [1.807, 2.05) is 25.1 Å². The van der Waals surface area contributed by atoms with Gasteiger partial charge in [-0.2, -0.15) is 0 Å². The first-order valence-electron chi connectivity index (χ1n) is 7.09. The van der Waals surface area contributed by atoms with Crippen LogP contribution in [0.2, 0.25) is 0 Å². The Hall–Kier alpha value is -0.620. The quantitative estimate of drug-likeness (QED) is 0.563. The number of rotatable bonds is 8. The molecular weight excluding hydrogens is 320 g/mol. The SMILES string of the molecule is CCOC(C1CC1)C(Cc1cc(OC)ccc1Br)NN. The minimum Gasteiger partial charge on any atom is -0.497 e. The van der Waals surface area contributed by atoms with Crippen molar-refractivity contribution in [2.45, 2.75) is 38.3 Å². The Morgan fingerprint density at radius 2 is 2.20 bits per heavy atom. The highest BCUT2D eigenvalue weighted by Crippen LogP contribution is 2.37. The van der Waals surface area contributed by atoms with E-state index in [4.69, 9.17) is 15.3 Å². The van der Waals surface area contributed by atoms with Gasteiger partial charge in [0.2, 0.25) is 0 Å². The molecule has 0 radical (unpaired) electrons. The van der Waals surface area contributed by atoms with E-state index in [0.717, 1.165) is 23.2 Å². The normalized spacial score (nSPS) is 17.8. The van der Waals surface area contributed by atoms with Gasteiger partial charge in [0.05, 0.1) is 19.3 Å². The average molecular weight is 343 g/mol. The van der Waals surface area contributed by atoms with Crippen LogP contribution in [0, 0.1) is 5.92 Å². The Morgan fingerprint density at radius 1 is 1.45 bits per heavy atom. The predicted octanol–water partition coefficient (Wildman–Crippen LogP) is 2.65. The van der Waals surface area contributed by atoms with Gasteiger partial charge in [0.1, 0.15) is 5.75 Å². The maximum atomic E-state index is 5.90. The molecule has 1 aromatic carbocycles. The van der Waals surface area contributed by atoms with Crippen molar-refractivity contribution in [1.82, 2.24) is 5.43 Å². The van der Waals surface area contributed by atoms with Gasteiger partial charge in [0, 0.05) is 11.1 Å². The van der Waals surface area contributed by atoms with Gasteiger partial charge in [-0.15, -0.1) is 0 Å². The van der Waals surface area contributed by atoms with Gasteiger partial charge >= 0.3 is 0 Å². The molecule has 112 valence electrons. The van der Waals surface area contributed by atoms with Crippen molar-refractivity contribution < 1.29 is 9.47 Å². The van der Waals surface area contributed by atoms with Crippen LogP contribution in [0.3, 0.4) is 0 Å². The summed E-state index contributed by atoms with van der Waals surface area (Å²) < 4.78 is 12.3. The number of methoxy groups -OCH3 is 1. The fourth-order valence-electron chi connectivity index (χ4n) is 2.54. The highest BCUT2D eigenvalue weighted by molar-refractivity contribution is 9.10. The highest BCUT2D eigenvalue weighted by atomic mass is 79.9. The molecule has 1 fully saturated rings. The smallest absolute Gasteiger partial charge is 0.119 e. The van der Waals surface area contributed by atoms with Crippen LogP contribution in [0.5, 0.6) is 5.75 Å². The number of hydrogen-bond donors (Lipinski definition) is 2. The number of hydrogen-bond acceptors (Lipinski definition) is 4. The molecule has 2 atom stereocenters. The second-order valence-corrected chi connectivity index (χ2v) is 6.05. The molecule has 20 heavy (non-hydrogen) atoms. The molecule has 0 amide bonds. The molecule has 2 unspecified atom stereocenters. The van der Waals surface area contributed by atoms with Crippen LogP contribution in [0.4, 0.5) is 0 Å². The Bertz CT molecular complexity index is 438. The molecule has 2 rings (SSSR count). The van der Waals surface area contributed by atoms with Gasteiger partial charge in [-0.05, 0) is 55.9 Å². The standard InChI is InChI=1S/C15H23BrN2O2/c1-3-20-15(10-4-5-10)14(18-17)9-11-8-12(19-2)6-7-13(11)16/h6-8,10,14-15,18H,3-5,9,17H2,1-2H3. The van der Waals surface area contributed by atoms with E-state index in [0.29, 0.717) is 5.92 Å². The zero-order valence-electron chi connectivity index (χ0n) is 12.1. The number of nitrogens with one attached hydrogen (secondary N) is 1. The maximum Gasteiger partial charge on any atom is 0.119 e. The number of ether oxygens (including phenoxy) is 2. The van der Waals surface area contributed by atoms with E-state index in [9.17, 15) is 0 Å². The van der Waals surface area contributed by atoms with E-state index in [1.165, 1.54) is 18.4 Å². The summed E-state index contributed by atoms with van der Waals surface area (Å²) >= 11 is 3.59. The lowest BCUT2D eigenvalue weighted by atomic mass is 9.98. The third kappa shape index (κ3) is 3.95. The molecule has 1 aliphatic carbocycles. The van der Waals surface area contributed by atoms with Gasteiger partial charge in [-0.25, -0.2) is 0 Å². The van der Waals surface area contributed by atoms with Crippen molar-refractivity contribution in [3.63, 3.8) is 0 Å². The Morgan fingerprint density at radius 3 is 2.75 bits per heavy atom. The lowest BCUT2D eigenvalue weighted by Gasteiger charge is -2.27. The minimum absolute atomic E-state index is 0.117. The first kappa shape index (κ1) is 15.8. The zero-order valence-corrected chi connectivity index (χ0v) is 13.7. The molecular formula is C15H23BrN2O2. The van der Waals surface area contributed by atoms with Crippen LogP contribution < -0.4 is 16.0 Å². The molecule has 4 nitrogen and oxygen atoms in total. The molecule has 1 saturated carbocycles. The third-order valence-corrected chi connectivity index (χ3v) is 4.52. The van der Waals surface area contributed by atoms with Gasteiger partial charge in [-0.3, -0.25) is 11.3 Å². The van der Waals surface area contributed by atoms with Crippen LogP contribution in [0.1, 0.15) is 25.3 Å². The summed E-state index contributed by atoms with van der Waals surface area (Å²) in [5.41, 5.74) is 4.11. The van der Waals surface area contributed by atoms with Gasteiger partial charge < -0.3 is 9.47 Å². The summed E-state index contributed by atoms with van der Waals surface area (Å²) in [7, 11) is 1.68. The summed E-state index contributed by atoms with van der Waals surface area (Å²) in [5.74, 6) is 7.26. The topological polar surface area (TPSA) is 56.5 Å². The zero-order chi connectivity index (χ0) is 14.5. The predicted molar refractivity (Wildman–Crippen MR) is 83.6 cm³/mol. The fraction of sp³-hybridized carbons (Fsp3) is 0.600. The summed E-state index contributed by atoms with van der Waals surface area (Å²) in [6, 6.07) is 6.11. The number of nitrogens with two attached hydrogens (primary N) is 1. The van der Waals surface area contributed by atoms with Crippen molar-refractivity contribution in [3.8, 4) is 5.75 Å². The first-order valence-corrected chi connectivity index (χ1v) is 7.89. The number of hydrazine groups is 1. The molecule has 0 heterocycles. The minimum atomic E-state index is 0.117. The summed E-state index contributed by atoms with van der Waals surface area (Å²) in [4.78, 5) is 0. The third-order valence-electron chi connectivity index (χ3n) is 3.75. The second-order valence-electron chi connectivity index (χ2n) is 5.19. The largest absolute Gasteiger partial charge is 0.497 e. The van der Waals surface area contributed by atoms with Gasteiger partial charge in [-0.1, -0.05) is 15.9 Å². The summed E-state index contributed by atoms with van der Waals surface area (Å²) in [6.45, 7) is 2.75. The van der Waals surface area contributed by atoms with E-state index in [1.54, 1.807) is 7.11 Å². The second kappa shape index (κ2) is 7.41. The maximum absolute atomic E-state index is 5.90. The molecule has 0 saturated heterocycles. The van der Waals surface area contributed by atoms with Crippen LogP contribution in [0.25, 0.3) is 0 Å². The van der Waals surface area contributed by atoms with E-state index in [-0.39, 0.29) is 12.1 Å². The molecule has 3 N–H and O–H groups in total. The summed E-state index contributed by atoms with van der Waals surface area (Å²) in [5, 5.41) is 0. The first-order chi connectivity index (χ1) is 9.69. The van der Waals surface area contributed by atoms with Gasteiger partial charge in [0.25, 0.3) is 0 Å². The van der Waals surface area contributed by atoms with Crippen molar-refractivity contribution in [3.05, 3.63) is 28.2 Å². The van der Waals surface area contributed by atoms with Crippen LogP contribution >= 0.6 is 15.9 Å². The number of halogens is 1. The van der Waals surface area contributed by atoms with Crippen LogP contribution in [-0.4, -0.2) is 25.9 Å². The lowest BCUT2D eigenvalue weighted by Crippen LogP contribution is -2.47. The molecule has 5 heteroatoms.